The quantitative estimate of drug-likeness (QED) is 0.691. The van der Waals surface area contributed by atoms with Gasteiger partial charge >= 0.3 is 0 Å². The molecule has 1 aromatic heterocycles. The number of methoxy groups -OCH3 is 1. The number of hydrogen-bond acceptors (Lipinski definition) is 5. The Morgan fingerprint density at radius 2 is 2.00 bits per heavy atom. The number of rotatable bonds is 5. The van der Waals surface area contributed by atoms with Crippen LogP contribution in [0.15, 0.2) is 53.1 Å². The summed E-state index contributed by atoms with van der Waals surface area (Å²) in [6, 6.07) is 13.8. The first-order chi connectivity index (χ1) is 13.2. The van der Waals surface area contributed by atoms with Crippen LogP contribution in [0.5, 0.6) is 5.75 Å². The summed E-state index contributed by atoms with van der Waals surface area (Å²) >= 11 is 0. The Bertz CT molecular complexity index is 972. The second-order valence-corrected chi connectivity index (χ2v) is 6.42. The van der Waals surface area contributed by atoms with Crippen LogP contribution in [0.2, 0.25) is 0 Å². The average molecular weight is 367 g/mol. The molecule has 6 nitrogen and oxygen atoms in total. The van der Waals surface area contributed by atoms with Crippen LogP contribution >= 0.6 is 0 Å². The zero-order valence-corrected chi connectivity index (χ0v) is 14.8. The van der Waals surface area contributed by atoms with Crippen molar-refractivity contribution in [3.8, 4) is 17.2 Å². The maximum absolute atomic E-state index is 13.9. The van der Waals surface area contributed by atoms with Crippen molar-refractivity contribution in [3.63, 3.8) is 0 Å². The number of carbonyl (C=O) groups excluding carboxylic acids is 1. The van der Waals surface area contributed by atoms with E-state index in [0.29, 0.717) is 35.1 Å². The van der Waals surface area contributed by atoms with E-state index in [4.69, 9.17) is 9.26 Å². The first kappa shape index (κ1) is 17.2. The first-order valence-electron chi connectivity index (χ1n) is 8.64. The molecule has 0 spiro atoms. The topological polar surface area (TPSA) is 68.5 Å². The van der Waals surface area contributed by atoms with Gasteiger partial charge in [-0.2, -0.15) is 4.98 Å². The lowest BCUT2D eigenvalue weighted by Gasteiger charge is -2.16. The van der Waals surface area contributed by atoms with Gasteiger partial charge in [-0.3, -0.25) is 4.79 Å². The number of benzene rings is 2. The molecule has 0 saturated carbocycles. The van der Waals surface area contributed by atoms with E-state index in [0.717, 1.165) is 0 Å². The molecule has 0 radical (unpaired) electrons. The number of para-hydroxylation sites is 1. The largest absolute Gasteiger partial charge is 0.496 e. The molecule has 1 aliphatic rings. The summed E-state index contributed by atoms with van der Waals surface area (Å²) in [5.74, 6) is 0.911. The molecule has 1 atom stereocenters. The number of ether oxygens (including phenoxy) is 1. The van der Waals surface area contributed by atoms with Gasteiger partial charge in [0.05, 0.1) is 12.7 Å². The summed E-state index contributed by atoms with van der Waals surface area (Å²) in [6.07, 6.45) is 0.277. The summed E-state index contributed by atoms with van der Waals surface area (Å²) in [4.78, 5) is 18.4. The van der Waals surface area contributed by atoms with E-state index in [1.165, 1.54) is 6.07 Å². The van der Waals surface area contributed by atoms with E-state index >= 15 is 0 Å². The molecular weight excluding hydrogens is 349 g/mol. The van der Waals surface area contributed by atoms with Gasteiger partial charge < -0.3 is 14.2 Å². The highest BCUT2D eigenvalue weighted by atomic mass is 19.1. The minimum Gasteiger partial charge on any atom is -0.496 e. The summed E-state index contributed by atoms with van der Waals surface area (Å²) in [5, 5.41) is 4.05. The van der Waals surface area contributed by atoms with Crippen molar-refractivity contribution in [1.82, 2.24) is 15.0 Å². The molecule has 1 amide bonds. The molecule has 1 saturated heterocycles. The predicted molar refractivity (Wildman–Crippen MR) is 95.5 cm³/mol. The Morgan fingerprint density at radius 1 is 1.22 bits per heavy atom. The highest BCUT2D eigenvalue weighted by Crippen LogP contribution is 2.32. The summed E-state index contributed by atoms with van der Waals surface area (Å²) < 4.78 is 24.6. The van der Waals surface area contributed by atoms with Crippen LogP contribution in [-0.2, 0) is 11.3 Å². The third-order valence-electron chi connectivity index (χ3n) is 4.68. The fourth-order valence-electron chi connectivity index (χ4n) is 3.26. The zero-order chi connectivity index (χ0) is 18.8. The van der Waals surface area contributed by atoms with Gasteiger partial charge in [0.1, 0.15) is 11.6 Å². The molecule has 3 aromatic rings. The molecule has 1 aliphatic heterocycles. The molecule has 2 aromatic carbocycles. The molecule has 1 unspecified atom stereocenters. The Hall–Kier alpha value is -3.22. The lowest BCUT2D eigenvalue weighted by atomic mass is 10.1. The number of hydrogen-bond donors (Lipinski definition) is 0. The van der Waals surface area contributed by atoms with Crippen molar-refractivity contribution < 1.29 is 18.4 Å². The number of aromatic nitrogens is 2. The Kier molecular flexibility index (Phi) is 4.58. The minimum atomic E-state index is -0.313. The molecule has 7 heteroatoms. The monoisotopic (exact) mass is 367 g/mol. The van der Waals surface area contributed by atoms with Gasteiger partial charge in [0.25, 0.3) is 5.89 Å². The Morgan fingerprint density at radius 3 is 2.81 bits per heavy atom. The maximum Gasteiger partial charge on any atom is 0.261 e. The van der Waals surface area contributed by atoms with Gasteiger partial charge in [-0.05, 0) is 18.2 Å². The van der Waals surface area contributed by atoms with Crippen molar-refractivity contribution in [2.75, 3.05) is 13.7 Å². The minimum absolute atomic E-state index is 0.0492. The third kappa shape index (κ3) is 3.40. The zero-order valence-electron chi connectivity index (χ0n) is 14.8. The predicted octanol–water partition coefficient (Wildman–Crippen LogP) is 3.40. The molecule has 0 bridgehead atoms. The fraction of sp³-hybridized carbons (Fsp3) is 0.250. The molecular formula is C20H18FN3O3. The molecule has 4 rings (SSSR count). The van der Waals surface area contributed by atoms with Crippen molar-refractivity contribution in [2.24, 2.45) is 0 Å². The van der Waals surface area contributed by atoms with Gasteiger partial charge in [0.15, 0.2) is 5.82 Å². The second-order valence-electron chi connectivity index (χ2n) is 6.42. The smallest absolute Gasteiger partial charge is 0.261 e. The van der Waals surface area contributed by atoms with Gasteiger partial charge in [-0.1, -0.05) is 35.5 Å². The van der Waals surface area contributed by atoms with E-state index in [-0.39, 0.29) is 30.6 Å². The van der Waals surface area contributed by atoms with Crippen LogP contribution in [-0.4, -0.2) is 34.6 Å². The van der Waals surface area contributed by atoms with E-state index in [2.05, 4.69) is 10.1 Å². The van der Waals surface area contributed by atoms with Crippen molar-refractivity contribution in [3.05, 3.63) is 65.7 Å². The number of nitrogens with zero attached hydrogens (tertiary/aromatic N) is 3. The lowest BCUT2D eigenvalue weighted by Crippen LogP contribution is -2.25. The average Bonchev–Trinajstić information content (AvgIpc) is 3.31. The normalized spacial score (nSPS) is 16.7. The van der Waals surface area contributed by atoms with E-state index in [9.17, 15) is 9.18 Å². The standard InChI is InChI=1S/C20H18FN3O3/c1-26-17-9-5-3-7-15(17)20-22-19(23-27-20)14-10-18(25)24(12-14)11-13-6-2-4-8-16(13)21/h2-9,14H,10-12H2,1H3. The Labute approximate surface area is 155 Å². The number of halogens is 1. The SMILES string of the molecule is COc1ccccc1-c1nc(C2CC(=O)N(Cc3ccccc3F)C2)no1. The molecule has 27 heavy (non-hydrogen) atoms. The Balaban J connectivity index is 1.51. The van der Waals surface area contributed by atoms with Gasteiger partial charge in [-0.15, -0.1) is 0 Å². The number of amides is 1. The van der Waals surface area contributed by atoms with Gasteiger partial charge in [0, 0.05) is 31.0 Å². The lowest BCUT2D eigenvalue weighted by molar-refractivity contribution is -0.128. The second kappa shape index (κ2) is 7.19. The third-order valence-corrected chi connectivity index (χ3v) is 4.68. The fourth-order valence-corrected chi connectivity index (χ4v) is 3.26. The van der Waals surface area contributed by atoms with Crippen molar-refractivity contribution in [2.45, 2.75) is 18.9 Å². The molecule has 0 N–H and O–H groups in total. The molecule has 1 fully saturated rings. The van der Waals surface area contributed by atoms with E-state index in [1.54, 1.807) is 30.2 Å². The van der Waals surface area contributed by atoms with Crippen molar-refractivity contribution >= 4 is 5.91 Å². The van der Waals surface area contributed by atoms with Crippen LogP contribution < -0.4 is 4.74 Å². The van der Waals surface area contributed by atoms with Gasteiger partial charge in [-0.25, -0.2) is 4.39 Å². The van der Waals surface area contributed by atoms with Crippen LogP contribution in [0.1, 0.15) is 23.7 Å². The van der Waals surface area contributed by atoms with Crippen molar-refractivity contribution in [1.29, 1.82) is 0 Å². The first-order valence-corrected chi connectivity index (χ1v) is 8.64. The van der Waals surface area contributed by atoms with E-state index < -0.39 is 0 Å². The van der Waals surface area contributed by atoms with Crippen LogP contribution in [0.3, 0.4) is 0 Å². The van der Waals surface area contributed by atoms with E-state index in [1.807, 2.05) is 24.3 Å². The highest BCUT2D eigenvalue weighted by molar-refractivity contribution is 5.79. The number of carbonyl (C=O) groups is 1. The summed E-state index contributed by atoms with van der Waals surface area (Å²) in [7, 11) is 1.58. The van der Waals surface area contributed by atoms with Gasteiger partial charge in [0.2, 0.25) is 5.91 Å². The summed E-state index contributed by atoms with van der Waals surface area (Å²) in [5.41, 5.74) is 1.20. The summed E-state index contributed by atoms with van der Waals surface area (Å²) in [6.45, 7) is 0.664. The molecule has 2 heterocycles. The molecule has 0 aliphatic carbocycles. The van der Waals surface area contributed by atoms with Crippen LogP contribution in [0.4, 0.5) is 4.39 Å². The molecule has 138 valence electrons. The maximum atomic E-state index is 13.9. The van der Waals surface area contributed by atoms with Crippen LogP contribution in [0, 0.1) is 5.82 Å². The van der Waals surface area contributed by atoms with Crippen LogP contribution in [0.25, 0.3) is 11.5 Å². The number of likely N-dealkylation sites (tertiary alicyclic amines) is 1. The highest BCUT2D eigenvalue weighted by Gasteiger charge is 2.34.